The Morgan fingerprint density at radius 2 is 1.88 bits per heavy atom. The molecule has 2 aliphatic rings. The predicted octanol–water partition coefficient (Wildman–Crippen LogP) is 3.08. The number of ether oxygens (including phenoxy) is 1. The number of rotatable bonds is 7. The summed E-state index contributed by atoms with van der Waals surface area (Å²) >= 11 is 0. The highest BCUT2D eigenvalue weighted by Gasteiger charge is 2.38. The van der Waals surface area contributed by atoms with E-state index >= 15 is 0 Å². The Morgan fingerprint density at radius 3 is 2.44 bits per heavy atom. The molecule has 11 heteroatoms. The molecule has 1 aliphatic heterocycles. The average molecular weight is 478 g/mol. The molecule has 0 radical (unpaired) electrons. The Labute approximate surface area is 186 Å². The standard InChI is InChI=1S/C21H30F3N3O4S/c1-3-25-20(28)27-10-4-5-18(26-32(2,29)30)19(27)13-31-17-11-15(12-17)14-6-8-16(9-7-14)21(22,23)24/h6-9,15,17-19,26H,3-5,10-13H2,1-2H3,(H,25,28)/t15-,17+,18-,19-/m0/s1. The summed E-state index contributed by atoms with van der Waals surface area (Å²) in [6.07, 6.45) is -0.713. The van der Waals surface area contributed by atoms with E-state index in [4.69, 9.17) is 4.74 Å². The van der Waals surface area contributed by atoms with Gasteiger partial charge in [-0.05, 0) is 56.2 Å². The van der Waals surface area contributed by atoms with Gasteiger partial charge in [0.15, 0.2) is 0 Å². The van der Waals surface area contributed by atoms with Gasteiger partial charge in [-0.25, -0.2) is 17.9 Å². The predicted molar refractivity (Wildman–Crippen MR) is 114 cm³/mol. The normalized spacial score (nSPS) is 26.5. The highest BCUT2D eigenvalue weighted by atomic mass is 32.2. The van der Waals surface area contributed by atoms with Crippen molar-refractivity contribution >= 4 is 16.1 Å². The first-order valence-corrected chi connectivity index (χ1v) is 12.7. The molecule has 0 spiro atoms. The van der Waals surface area contributed by atoms with Gasteiger partial charge in [-0.2, -0.15) is 13.2 Å². The number of hydrogen-bond acceptors (Lipinski definition) is 4. The maximum Gasteiger partial charge on any atom is 0.416 e. The first-order valence-electron chi connectivity index (χ1n) is 10.8. The summed E-state index contributed by atoms with van der Waals surface area (Å²) in [5.41, 5.74) is 0.177. The van der Waals surface area contributed by atoms with Gasteiger partial charge in [0.2, 0.25) is 10.0 Å². The van der Waals surface area contributed by atoms with Gasteiger partial charge < -0.3 is 15.0 Å². The van der Waals surface area contributed by atoms with E-state index in [1.54, 1.807) is 4.90 Å². The fraction of sp³-hybridized carbons (Fsp3) is 0.667. The highest BCUT2D eigenvalue weighted by molar-refractivity contribution is 7.88. The van der Waals surface area contributed by atoms with Crippen LogP contribution < -0.4 is 10.0 Å². The number of nitrogens with one attached hydrogen (secondary N) is 2. The van der Waals surface area contributed by atoms with E-state index in [1.807, 2.05) is 6.92 Å². The van der Waals surface area contributed by atoms with Gasteiger partial charge in [-0.1, -0.05) is 12.1 Å². The van der Waals surface area contributed by atoms with E-state index < -0.39 is 33.8 Å². The summed E-state index contributed by atoms with van der Waals surface area (Å²) in [6, 6.07) is 4.08. The summed E-state index contributed by atoms with van der Waals surface area (Å²) in [4.78, 5) is 14.1. The first-order chi connectivity index (χ1) is 15.0. The molecule has 1 heterocycles. The molecule has 2 N–H and O–H groups in total. The number of halogens is 3. The van der Waals surface area contributed by atoms with E-state index in [1.165, 1.54) is 12.1 Å². The lowest BCUT2D eigenvalue weighted by Gasteiger charge is -2.43. The minimum atomic E-state index is -4.35. The van der Waals surface area contributed by atoms with Crippen LogP contribution in [0.2, 0.25) is 0 Å². The van der Waals surface area contributed by atoms with Crippen molar-refractivity contribution in [2.75, 3.05) is 26.0 Å². The smallest absolute Gasteiger partial charge is 0.376 e. The molecule has 1 aromatic carbocycles. The van der Waals surface area contributed by atoms with Crippen molar-refractivity contribution < 1.29 is 31.1 Å². The number of sulfonamides is 1. The third-order valence-corrected chi connectivity index (χ3v) is 6.77. The molecule has 2 fully saturated rings. The second-order valence-corrected chi connectivity index (χ2v) is 10.3. The van der Waals surface area contributed by atoms with Crippen LogP contribution in [0.1, 0.15) is 49.7 Å². The molecular weight excluding hydrogens is 447 g/mol. The van der Waals surface area contributed by atoms with Crippen LogP contribution in [0, 0.1) is 0 Å². The van der Waals surface area contributed by atoms with Gasteiger partial charge in [0.1, 0.15) is 0 Å². The number of nitrogens with zero attached hydrogens (tertiary/aromatic N) is 1. The number of hydrogen-bond donors (Lipinski definition) is 2. The van der Waals surface area contributed by atoms with Crippen LogP contribution in [0.15, 0.2) is 24.3 Å². The minimum Gasteiger partial charge on any atom is -0.376 e. The van der Waals surface area contributed by atoms with Gasteiger partial charge >= 0.3 is 12.2 Å². The number of carbonyl (C=O) groups is 1. The van der Waals surface area contributed by atoms with Crippen molar-refractivity contribution in [3.05, 3.63) is 35.4 Å². The largest absolute Gasteiger partial charge is 0.416 e. The average Bonchev–Trinajstić information content (AvgIpc) is 2.66. The van der Waals surface area contributed by atoms with Crippen LogP contribution in [0.4, 0.5) is 18.0 Å². The van der Waals surface area contributed by atoms with Crippen LogP contribution in [-0.4, -0.2) is 63.5 Å². The third-order valence-electron chi connectivity index (χ3n) is 6.04. The molecule has 1 aliphatic carbocycles. The van der Waals surface area contributed by atoms with Gasteiger partial charge in [0.25, 0.3) is 0 Å². The maximum absolute atomic E-state index is 12.7. The summed E-state index contributed by atoms with van der Waals surface area (Å²) in [5.74, 6) is 0.123. The van der Waals surface area contributed by atoms with Gasteiger partial charge in [-0.3, -0.25) is 0 Å². The molecule has 180 valence electrons. The van der Waals surface area contributed by atoms with E-state index in [0.29, 0.717) is 38.8 Å². The van der Waals surface area contributed by atoms with Crippen molar-refractivity contribution in [1.29, 1.82) is 0 Å². The topological polar surface area (TPSA) is 87.7 Å². The van der Waals surface area contributed by atoms with Gasteiger partial charge in [-0.15, -0.1) is 0 Å². The SMILES string of the molecule is CCNC(=O)N1CCC[C@H](NS(C)(=O)=O)[C@@H]1CO[C@H]1C[C@@H](c2ccc(C(F)(F)F)cc2)C1. The Morgan fingerprint density at radius 1 is 1.22 bits per heavy atom. The number of benzene rings is 1. The molecule has 3 rings (SSSR count). The van der Waals surface area contributed by atoms with Crippen LogP contribution in [0.25, 0.3) is 0 Å². The quantitative estimate of drug-likeness (QED) is 0.632. The van der Waals surface area contributed by atoms with Crippen LogP contribution >= 0.6 is 0 Å². The number of piperidine rings is 1. The Kier molecular flexibility index (Phi) is 7.72. The monoisotopic (exact) mass is 477 g/mol. The lowest BCUT2D eigenvalue weighted by Crippen LogP contribution is -2.60. The van der Waals surface area contributed by atoms with Gasteiger partial charge in [0, 0.05) is 19.1 Å². The summed E-state index contributed by atoms with van der Waals surface area (Å²) < 4.78 is 70.4. The van der Waals surface area contributed by atoms with Crippen molar-refractivity contribution in [3.8, 4) is 0 Å². The minimum absolute atomic E-state index is 0.0841. The molecule has 1 saturated carbocycles. The van der Waals surface area contributed by atoms with E-state index in [2.05, 4.69) is 10.0 Å². The zero-order valence-electron chi connectivity index (χ0n) is 18.2. The fourth-order valence-electron chi connectivity index (χ4n) is 4.33. The summed E-state index contributed by atoms with van der Waals surface area (Å²) in [5, 5.41) is 2.76. The molecule has 2 atom stereocenters. The zero-order chi connectivity index (χ0) is 23.5. The fourth-order valence-corrected chi connectivity index (χ4v) is 5.16. The number of amides is 2. The molecule has 0 bridgehead atoms. The van der Waals surface area contributed by atoms with Gasteiger partial charge in [0.05, 0.1) is 30.6 Å². The Bertz CT molecular complexity index is 887. The summed E-state index contributed by atoms with van der Waals surface area (Å²) in [6.45, 7) is 2.98. The molecular formula is C21H30F3N3O4S. The first kappa shape index (κ1) is 24.8. The Hall–Kier alpha value is -1.85. The molecule has 32 heavy (non-hydrogen) atoms. The van der Waals surface area contributed by atoms with E-state index in [0.717, 1.165) is 24.0 Å². The highest BCUT2D eigenvalue weighted by Crippen LogP contribution is 2.40. The van der Waals surface area contributed by atoms with E-state index in [-0.39, 0.29) is 24.7 Å². The van der Waals surface area contributed by atoms with Crippen molar-refractivity contribution in [2.45, 2.75) is 62.9 Å². The molecule has 2 amide bonds. The zero-order valence-corrected chi connectivity index (χ0v) is 19.0. The van der Waals surface area contributed by atoms with Crippen LogP contribution in [0.5, 0.6) is 0 Å². The summed E-state index contributed by atoms with van der Waals surface area (Å²) in [7, 11) is -3.45. The van der Waals surface area contributed by atoms with E-state index in [9.17, 15) is 26.4 Å². The second kappa shape index (κ2) is 9.96. The van der Waals surface area contributed by atoms with Crippen molar-refractivity contribution in [3.63, 3.8) is 0 Å². The molecule has 0 unspecified atom stereocenters. The third kappa shape index (κ3) is 6.35. The molecule has 7 nitrogen and oxygen atoms in total. The van der Waals surface area contributed by atoms with Crippen LogP contribution in [-0.2, 0) is 20.9 Å². The number of carbonyl (C=O) groups excluding carboxylic acids is 1. The molecule has 1 aromatic rings. The van der Waals surface area contributed by atoms with Crippen molar-refractivity contribution in [2.24, 2.45) is 0 Å². The van der Waals surface area contributed by atoms with Crippen LogP contribution in [0.3, 0.4) is 0 Å². The molecule has 0 aromatic heterocycles. The van der Waals surface area contributed by atoms with Crippen molar-refractivity contribution in [1.82, 2.24) is 14.9 Å². The number of alkyl halides is 3. The second-order valence-electron chi connectivity index (χ2n) is 8.48. The maximum atomic E-state index is 12.7. The number of urea groups is 1. The lowest BCUT2D eigenvalue weighted by molar-refractivity contribution is -0.137. The number of likely N-dealkylation sites (tertiary alicyclic amines) is 1. The molecule has 1 saturated heterocycles. The lowest BCUT2D eigenvalue weighted by atomic mass is 9.77. The Balaban J connectivity index is 1.58.